The van der Waals surface area contributed by atoms with E-state index >= 15 is 0 Å². The molecular formula is C16H14ClFN2O4. The van der Waals surface area contributed by atoms with E-state index < -0.39 is 24.3 Å². The summed E-state index contributed by atoms with van der Waals surface area (Å²) in [7, 11) is 0. The van der Waals surface area contributed by atoms with Crippen LogP contribution in [0.5, 0.6) is 5.88 Å². The van der Waals surface area contributed by atoms with Crippen LogP contribution in [-0.2, 0) is 9.53 Å². The van der Waals surface area contributed by atoms with Crippen LogP contribution >= 0.6 is 11.6 Å². The van der Waals surface area contributed by atoms with Crippen LogP contribution < -0.4 is 10.1 Å². The van der Waals surface area contributed by atoms with Gasteiger partial charge in [0.05, 0.1) is 12.3 Å². The molecule has 0 spiro atoms. The summed E-state index contributed by atoms with van der Waals surface area (Å²) in [5.41, 5.74) is 0.0432. The Morgan fingerprint density at radius 1 is 1.33 bits per heavy atom. The van der Waals surface area contributed by atoms with Crippen molar-refractivity contribution in [2.75, 3.05) is 18.5 Å². The Morgan fingerprint density at radius 2 is 2.12 bits per heavy atom. The second-order valence-corrected chi connectivity index (χ2v) is 4.97. The van der Waals surface area contributed by atoms with E-state index in [1.807, 2.05) is 0 Å². The van der Waals surface area contributed by atoms with Crippen molar-refractivity contribution in [1.29, 1.82) is 0 Å². The van der Waals surface area contributed by atoms with Crippen LogP contribution in [0.1, 0.15) is 17.3 Å². The predicted octanol–water partition coefficient (Wildman–Crippen LogP) is 3.07. The molecule has 1 aromatic carbocycles. The Morgan fingerprint density at radius 3 is 2.83 bits per heavy atom. The minimum Gasteiger partial charge on any atom is -0.477 e. The number of carbonyl (C=O) groups excluding carboxylic acids is 2. The number of amides is 1. The van der Waals surface area contributed by atoms with E-state index in [0.717, 1.165) is 6.07 Å². The molecule has 0 atom stereocenters. The van der Waals surface area contributed by atoms with Crippen molar-refractivity contribution in [1.82, 2.24) is 4.98 Å². The second-order valence-electron chi connectivity index (χ2n) is 4.54. The van der Waals surface area contributed by atoms with Gasteiger partial charge >= 0.3 is 5.97 Å². The number of nitrogens with zero attached hydrogens (tertiary/aromatic N) is 1. The molecule has 0 aliphatic carbocycles. The number of rotatable bonds is 6. The van der Waals surface area contributed by atoms with Crippen LogP contribution in [0.4, 0.5) is 10.1 Å². The fourth-order valence-electron chi connectivity index (χ4n) is 1.78. The highest BCUT2D eigenvalue weighted by Gasteiger charge is 2.16. The van der Waals surface area contributed by atoms with Crippen LogP contribution in [0.3, 0.4) is 0 Å². The van der Waals surface area contributed by atoms with Gasteiger partial charge in [-0.1, -0.05) is 11.6 Å². The Bertz CT molecular complexity index is 755. The van der Waals surface area contributed by atoms with E-state index in [4.69, 9.17) is 21.1 Å². The average Bonchev–Trinajstić information content (AvgIpc) is 2.56. The molecule has 8 heteroatoms. The van der Waals surface area contributed by atoms with Crippen molar-refractivity contribution in [3.8, 4) is 5.88 Å². The van der Waals surface area contributed by atoms with Gasteiger partial charge in [0, 0.05) is 11.2 Å². The molecule has 0 saturated heterocycles. The number of pyridine rings is 1. The van der Waals surface area contributed by atoms with E-state index in [9.17, 15) is 14.0 Å². The Hall–Kier alpha value is -2.67. The highest BCUT2D eigenvalue weighted by molar-refractivity contribution is 6.30. The Balaban J connectivity index is 1.95. The van der Waals surface area contributed by atoms with Crippen LogP contribution in [0, 0.1) is 5.82 Å². The molecule has 1 heterocycles. The normalized spacial score (nSPS) is 10.1. The number of nitrogens with one attached hydrogen (secondary N) is 1. The average molecular weight is 353 g/mol. The van der Waals surface area contributed by atoms with Gasteiger partial charge in [-0.3, -0.25) is 4.79 Å². The van der Waals surface area contributed by atoms with Crippen molar-refractivity contribution in [3.05, 3.63) is 52.9 Å². The first kappa shape index (κ1) is 17.7. The number of benzene rings is 1. The number of aromatic nitrogens is 1. The van der Waals surface area contributed by atoms with Gasteiger partial charge in [0.15, 0.2) is 6.61 Å². The zero-order valence-corrected chi connectivity index (χ0v) is 13.5. The van der Waals surface area contributed by atoms with Crippen molar-refractivity contribution >= 4 is 29.2 Å². The maximum Gasteiger partial charge on any atom is 0.344 e. The summed E-state index contributed by atoms with van der Waals surface area (Å²) in [6, 6.07) is 6.81. The van der Waals surface area contributed by atoms with Gasteiger partial charge in [0.1, 0.15) is 11.4 Å². The van der Waals surface area contributed by atoms with Gasteiger partial charge in [-0.2, -0.15) is 0 Å². The molecule has 1 N–H and O–H groups in total. The third kappa shape index (κ3) is 4.66. The first-order chi connectivity index (χ1) is 11.5. The summed E-state index contributed by atoms with van der Waals surface area (Å²) >= 11 is 5.62. The molecule has 2 aromatic rings. The third-order valence-electron chi connectivity index (χ3n) is 2.81. The highest BCUT2D eigenvalue weighted by atomic mass is 35.5. The Labute approximate surface area is 142 Å². The van der Waals surface area contributed by atoms with E-state index in [0.29, 0.717) is 6.61 Å². The predicted molar refractivity (Wildman–Crippen MR) is 85.7 cm³/mol. The van der Waals surface area contributed by atoms with E-state index in [1.165, 1.54) is 24.4 Å². The zero-order chi connectivity index (χ0) is 17.5. The molecule has 0 bridgehead atoms. The number of ether oxygens (including phenoxy) is 2. The van der Waals surface area contributed by atoms with Crippen molar-refractivity contribution in [2.24, 2.45) is 0 Å². The molecule has 2 rings (SSSR count). The summed E-state index contributed by atoms with van der Waals surface area (Å²) in [4.78, 5) is 27.7. The van der Waals surface area contributed by atoms with Gasteiger partial charge in [-0.25, -0.2) is 14.2 Å². The van der Waals surface area contributed by atoms with Crippen molar-refractivity contribution in [2.45, 2.75) is 6.92 Å². The molecule has 1 amide bonds. The summed E-state index contributed by atoms with van der Waals surface area (Å²) in [6.45, 7) is 1.49. The molecule has 1 aromatic heterocycles. The van der Waals surface area contributed by atoms with Crippen molar-refractivity contribution < 1.29 is 23.5 Å². The van der Waals surface area contributed by atoms with E-state index in [2.05, 4.69) is 10.3 Å². The number of hydrogen-bond acceptors (Lipinski definition) is 5. The molecule has 0 fully saturated rings. The lowest BCUT2D eigenvalue weighted by molar-refractivity contribution is -0.119. The minimum atomic E-state index is -0.765. The summed E-state index contributed by atoms with van der Waals surface area (Å²) in [6.07, 6.45) is 1.47. The van der Waals surface area contributed by atoms with Crippen LogP contribution in [0.15, 0.2) is 36.5 Å². The lowest BCUT2D eigenvalue weighted by Crippen LogP contribution is -2.21. The maximum absolute atomic E-state index is 13.6. The number of hydrogen-bond donors (Lipinski definition) is 1. The summed E-state index contributed by atoms with van der Waals surface area (Å²) in [5.74, 6) is -2.02. The first-order valence-corrected chi connectivity index (χ1v) is 7.39. The van der Waals surface area contributed by atoms with E-state index in [-0.39, 0.29) is 22.2 Å². The summed E-state index contributed by atoms with van der Waals surface area (Å²) in [5, 5.41) is 2.49. The monoisotopic (exact) mass is 352 g/mol. The number of esters is 1. The lowest BCUT2D eigenvalue weighted by Gasteiger charge is -2.09. The molecule has 0 aliphatic heterocycles. The largest absolute Gasteiger partial charge is 0.477 e. The smallest absolute Gasteiger partial charge is 0.344 e. The lowest BCUT2D eigenvalue weighted by atomic mass is 10.3. The molecule has 0 saturated carbocycles. The third-order valence-corrected chi connectivity index (χ3v) is 3.05. The first-order valence-electron chi connectivity index (χ1n) is 7.01. The van der Waals surface area contributed by atoms with Gasteiger partial charge in [0.25, 0.3) is 5.91 Å². The molecule has 24 heavy (non-hydrogen) atoms. The maximum atomic E-state index is 13.6. The quantitative estimate of drug-likeness (QED) is 0.808. The van der Waals surface area contributed by atoms with Crippen molar-refractivity contribution in [3.63, 3.8) is 0 Å². The van der Waals surface area contributed by atoms with Crippen LogP contribution in [-0.4, -0.2) is 30.1 Å². The van der Waals surface area contributed by atoms with Crippen LogP contribution in [0.25, 0.3) is 0 Å². The van der Waals surface area contributed by atoms with Crippen LogP contribution in [0.2, 0.25) is 5.02 Å². The number of carbonyl (C=O) groups is 2. The highest BCUT2D eigenvalue weighted by Crippen LogP contribution is 2.19. The second kappa shape index (κ2) is 8.26. The van der Waals surface area contributed by atoms with Gasteiger partial charge in [0.2, 0.25) is 5.88 Å². The molecule has 126 valence electrons. The SMILES string of the molecule is CCOc1ncccc1C(=O)OCC(=O)Nc1ccc(Cl)cc1F. The van der Waals surface area contributed by atoms with Gasteiger partial charge < -0.3 is 14.8 Å². The fraction of sp³-hybridized carbons (Fsp3) is 0.188. The Kier molecular flexibility index (Phi) is 6.08. The molecule has 6 nitrogen and oxygen atoms in total. The number of halogens is 2. The topological polar surface area (TPSA) is 77.5 Å². The molecular weight excluding hydrogens is 339 g/mol. The summed E-state index contributed by atoms with van der Waals surface area (Å²) < 4.78 is 23.7. The van der Waals surface area contributed by atoms with Gasteiger partial charge in [-0.15, -0.1) is 0 Å². The minimum absolute atomic E-state index is 0.0585. The van der Waals surface area contributed by atoms with E-state index in [1.54, 1.807) is 13.0 Å². The fourth-order valence-corrected chi connectivity index (χ4v) is 1.94. The molecule has 0 aliphatic rings. The van der Waals surface area contributed by atoms with Gasteiger partial charge in [-0.05, 0) is 37.3 Å². The zero-order valence-electron chi connectivity index (χ0n) is 12.7. The molecule has 0 unspecified atom stereocenters. The number of anilines is 1. The standard InChI is InChI=1S/C16H14ClFN2O4/c1-2-23-15-11(4-3-7-19-15)16(22)24-9-14(21)20-13-6-5-10(17)8-12(13)18/h3-8H,2,9H2,1H3,(H,20,21). The molecule has 0 radical (unpaired) electrons.